The minimum absolute atomic E-state index is 0. The van der Waals surface area contributed by atoms with Crippen LogP contribution < -0.4 is 5.32 Å². The van der Waals surface area contributed by atoms with Gasteiger partial charge in [0.2, 0.25) is 0 Å². The predicted molar refractivity (Wildman–Crippen MR) is 133 cm³/mol. The summed E-state index contributed by atoms with van der Waals surface area (Å²) in [7, 11) is 2.11. The van der Waals surface area contributed by atoms with E-state index in [1.54, 1.807) is 0 Å². The molecule has 2 heterocycles. The number of aliphatic imine (C=N–C) groups is 1. The topological polar surface area (TPSA) is 40.1 Å². The Hall–Kier alpha value is -1.16. The van der Waals surface area contributed by atoms with Crippen LogP contribution in [-0.4, -0.2) is 62.2 Å². The Balaban J connectivity index is 0.00000300. The van der Waals surface area contributed by atoms with E-state index in [9.17, 15) is 0 Å². The molecule has 1 aromatic heterocycles. The number of halogens is 1. The zero-order valence-corrected chi connectivity index (χ0v) is 20.6. The molecule has 0 bridgehead atoms. The molecule has 7 heteroatoms. The Morgan fingerprint density at radius 2 is 1.90 bits per heavy atom. The van der Waals surface area contributed by atoms with Gasteiger partial charge in [0.25, 0.3) is 0 Å². The summed E-state index contributed by atoms with van der Waals surface area (Å²) in [4.78, 5) is 10.9. The van der Waals surface area contributed by atoms with Crippen LogP contribution >= 0.6 is 35.3 Å². The lowest BCUT2D eigenvalue weighted by atomic mass is 10.1. The highest BCUT2D eigenvalue weighted by molar-refractivity contribution is 14.0. The normalized spacial score (nSPS) is 15.0. The van der Waals surface area contributed by atoms with Gasteiger partial charge in [0, 0.05) is 44.6 Å². The van der Waals surface area contributed by atoms with Gasteiger partial charge in [0.05, 0.1) is 19.8 Å². The lowest BCUT2D eigenvalue weighted by Gasteiger charge is -2.26. The summed E-state index contributed by atoms with van der Waals surface area (Å²) < 4.78 is 5.42. The summed E-state index contributed by atoms with van der Waals surface area (Å²) in [5.74, 6) is 0.969. The number of benzene rings is 1. The van der Waals surface area contributed by atoms with E-state index >= 15 is 0 Å². The van der Waals surface area contributed by atoms with E-state index in [4.69, 9.17) is 9.73 Å². The second-order valence-electron chi connectivity index (χ2n) is 7.13. The van der Waals surface area contributed by atoms with Crippen LogP contribution in [0.1, 0.15) is 22.9 Å². The Kier molecular flexibility index (Phi) is 11.0. The van der Waals surface area contributed by atoms with Crippen molar-refractivity contribution in [2.24, 2.45) is 4.99 Å². The monoisotopic (exact) mass is 528 g/mol. The summed E-state index contributed by atoms with van der Waals surface area (Å²) in [5.41, 5.74) is 2.60. The summed E-state index contributed by atoms with van der Waals surface area (Å²) in [6.45, 7) is 9.39. The first-order valence-electron chi connectivity index (χ1n) is 10.1. The van der Waals surface area contributed by atoms with Crippen LogP contribution in [0.4, 0.5) is 0 Å². The number of hydrogen-bond donors (Lipinski definition) is 1. The van der Waals surface area contributed by atoms with Crippen LogP contribution in [0.15, 0.2) is 46.8 Å². The number of guanidine groups is 1. The first kappa shape index (κ1) is 24.1. The van der Waals surface area contributed by atoms with Gasteiger partial charge in [-0.2, -0.15) is 0 Å². The lowest BCUT2D eigenvalue weighted by molar-refractivity contribution is 0.0342. The van der Waals surface area contributed by atoms with Crippen molar-refractivity contribution in [2.75, 3.05) is 46.4 Å². The zero-order chi connectivity index (χ0) is 19.6. The van der Waals surface area contributed by atoms with Gasteiger partial charge in [-0.1, -0.05) is 30.3 Å². The largest absolute Gasteiger partial charge is 0.379 e. The van der Waals surface area contributed by atoms with Gasteiger partial charge < -0.3 is 15.0 Å². The van der Waals surface area contributed by atoms with E-state index in [-0.39, 0.29) is 24.0 Å². The first-order valence-corrected chi connectivity index (χ1v) is 11.0. The predicted octanol–water partition coefficient (Wildman–Crippen LogP) is 3.84. The van der Waals surface area contributed by atoms with Gasteiger partial charge >= 0.3 is 0 Å². The molecule has 1 aromatic carbocycles. The minimum Gasteiger partial charge on any atom is -0.379 e. The van der Waals surface area contributed by atoms with Crippen molar-refractivity contribution in [3.8, 4) is 0 Å². The van der Waals surface area contributed by atoms with E-state index in [2.05, 4.69) is 70.9 Å². The van der Waals surface area contributed by atoms with E-state index < -0.39 is 0 Å². The summed E-state index contributed by atoms with van der Waals surface area (Å²) in [6.07, 6.45) is 1.05. The molecule has 1 fully saturated rings. The molecule has 1 N–H and O–H groups in total. The molecule has 0 amide bonds. The van der Waals surface area contributed by atoms with Crippen molar-refractivity contribution in [3.05, 3.63) is 57.8 Å². The fourth-order valence-corrected chi connectivity index (χ4v) is 3.94. The van der Waals surface area contributed by atoms with Gasteiger partial charge in [-0.05, 0) is 35.9 Å². The Morgan fingerprint density at radius 1 is 1.17 bits per heavy atom. The molecule has 0 spiro atoms. The quantitative estimate of drug-likeness (QED) is 0.321. The molecule has 0 radical (unpaired) electrons. The van der Waals surface area contributed by atoms with Gasteiger partial charge in [-0.25, -0.2) is 4.99 Å². The molecule has 3 rings (SSSR count). The van der Waals surface area contributed by atoms with E-state index in [1.807, 2.05) is 11.3 Å². The fourth-order valence-electron chi connectivity index (χ4n) is 3.24. The third-order valence-electron chi connectivity index (χ3n) is 4.91. The number of morpholine rings is 1. The summed E-state index contributed by atoms with van der Waals surface area (Å²) >= 11 is 1.82. The molecule has 0 saturated carbocycles. The first-order chi connectivity index (χ1) is 13.7. The number of thiophene rings is 1. The summed E-state index contributed by atoms with van der Waals surface area (Å²) in [6, 6.07) is 13.2. The number of ether oxygens (including phenoxy) is 1. The highest BCUT2D eigenvalue weighted by Crippen LogP contribution is 2.11. The Bertz CT molecular complexity index is 715. The van der Waals surface area contributed by atoms with Gasteiger partial charge in [-0.15, -0.1) is 35.3 Å². The van der Waals surface area contributed by atoms with Crippen molar-refractivity contribution in [1.82, 2.24) is 15.1 Å². The van der Waals surface area contributed by atoms with Crippen molar-refractivity contribution < 1.29 is 4.74 Å². The molecule has 160 valence electrons. The zero-order valence-electron chi connectivity index (χ0n) is 17.5. The highest BCUT2D eigenvalue weighted by Gasteiger charge is 2.10. The maximum atomic E-state index is 5.42. The average molecular weight is 529 g/mol. The molecule has 1 saturated heterocycles. The molecule has 0 aliphatic carbocycles. The smallest absolute Gasteiger partial charge is 0.193 e. The van der Waals surface area contributed by atoms with Crippen LogP contribution in [0.3, 0.4) is 0 Å². The molecule has 2 aromatic rings. The molecule has 1 aliphatic heterocycles. The van der Waals surface area contributed by atoms with Crippen LogP contribution in [0.25, 0.3) is 0 Å². The van der Waals surface area contributed by atoms with Crippen LogP contribution in [0, 0.1) is 0 Å². The van der Waals surface area contributed by atoms with Gasteiger partial charge in [0.1, 0.15) is 0 Å². The number of rotatable bonds is 8. The van der Waals surface area contributed by atoms with E-state index in [0.717, 1.165) is 58.3 Å². The number of nitrogens with one attached hydrogen (secondary N) is 1. The van der Waals surface area contributed by atoms with Crippen molar-refractivity contribution in [1.29, 1.82) is 0 Å². The minimum atomic E-state index is 0. The SMILES string of the molecule is CCNC(=NCc1ccc(CN2CCOCC2)cc1)N(C)CCc1cccs1.I. The molecule has 0 atom stereocenters. The third-order valence-corrected chi connectivity index (χ3v) is 5.85. The maximum Gasteiger partial charge on any atom is 0.193 e. The molecular weight excluding hydrogens is 495 g/mol. The Morgan fingerprint density at radius 3 is 2.55 bits per heavy atom. The van der Waals surface area contributed by atoms with E-state index in [0.29, 0.717) is 6.54 Å². The maximum absolute atomic E-state index is 5.42. The van der Waals surface area contributed by atoms with Crippen LogP contribution in [0.5, 0.6) is 0 Å². The number of likely N-dealkylation sites (N-methyl/N-ethyl adjacent to an activating group) is 1. The standard InChI is InChI=1S/C22H32N4OS.HI/c1-3-23-22(25(2)11-10-21-5-4-16-28-21)24-17-19-6-8-20(9-7-19)18-26-12-14-27-15-13-26;/h4-9,16H,3,10-15,17-18H2,1-2H3,(H,23,24);1H. The second-order valence-corrected chi connectivity index (χ2v) is 8.16. The summed E-state index contributed by atoms with van der Waals surface area (Å²) in [5, 5.41) is 5.55. The molecule has 29 heavy (non-hydrogen) atoms. The van der Waals surface area contributed by atoms with Gasteiger partial charge in [0.15, 0.2) is 5.96 Å². The lowest BCUT2D eigenvalue weighted by Crippen LogP contribution is -2.39. The number of hydrogen-bond acceptors (Lipinski definition) is 4. The molecule has 5 nitrogen and oxygen atoms in total. The van der Waals surface area contributed by atoms with Crippen LogP contribution in [-0.2, 0) is 24.2 Å². The second kappa shape index (κ2) is 13.2. The van der Waals surface area contributed by atoms with Crippen LogP contribution in [0.2, 0.25) is 0 Å². The molecular formula is C22H33IN4OS. The number of nitrogens with zero attached hydrogens (tertiary/aromatic N) is 3. The average Bonchev–Trinajstić information content (AvgIpc) is 3.25. The van der Waals surface area contributed by atoms with Crippen molar-refractivity contribution >= 4 is 41.3 Å². The fraction of sp³-hybridized carbons (Fsp3) is 0.500. The van der Waals surface area contributed by atoms with E-state index in [1.165, 1.54) is 16.0 Å². The molecule has 0 unspecified atom stereocenters. The highest BCUT2D eigenvalue weighted by atomic mass is 127. The van der Waals surface area contributed by atoms with Crippen molar-refractivity contribution in [2.45, 2.75) is 26.4 Å². The van der Waals surface area contributed by atoms with Gasteiger partial charge in [-0.3, -0.25) is 4.90 Å². The Labute approximate surface area is 196 Å². The van der Waals surface area contributed by atoms with Crippen molar-refractivity contribution in [3.63, 3.8) is 0 Å². The third kappa shape index (κ3) is 8.24. The molecule has 1 aliphatic rings.